The fourth-order valence-electron chi connectivity index (χ4n) is 7.00. The molecular weight excluding hydrogens is 535 g/mol. The van der Waals surface area contributed by atoms with E-state index in [1.165, 1.54) is 65.8 Å². The van der Waals surface area contributed by atoms with Crippen molar-refractivity contribution in [3.05, 3.63) is 162 Å². The molecule has 1 aliphatic heterocycles. The smallest absolute Gasteiger partial charge is 0.0753 e. The van der Waals surface area contributed by atoms with Crippen molar-refractivity contribution in [3.8, 4) is 16.8 Å². The van der Waals surface area contributed by atoms with E-state index in [4.69, 9.17) is 0 Å². The highest BCUT2D eigenvalue weighted by Gasteiger charge is 2.46. The molecule has 2 heterocycles. The summed E-state index contributed by atoms with van der Waals surface area (Å²) in [4.78, 5) is 2.25. The summed E-state index contributed by atoms with van der Waals surface area (Å²) in [6, 6.07) is 51.3. The Balaban J connectivity index is 1.58. The molecule has 6 aromatic carbocycles. The van der Waals surface area contributed by atoms with E-state index in [1.54, 1.807) is 0 Å². The summed E-state index contributed by atoms with van der Waals surface area (Å²) in [6.07, 6.45) is 2.19. The zero-order valence-corrected chi connectivity index (χ0v) is 24.3. The second-order valence-electron chi connectivity index (χ2n) is 10.6. The van der Waals surface area contributed by atoms with Gasteiger partial charge in [-0.3, -0.25) is 0 Å². The van der Waals surface area contributed by atoms with Gasteiger partial charge in [0, 0.05) is 20.6 Å². The fourth-order valence-corrected chi connectivity index (χ4v) is 7.80. The van der Waals surface area contributed by atoms with Gasteiger partial charge in [0.25, 0.3) is 0 Å². The molecule has 0 spiro atoms. The number of nitrogens with zero attached hydrogens (tertiary/aromatic N) is 1. The van der Waals surface area contributed by atoms with E-state index in [9.17, 15) is 0 Å². The highest BCUT2D eigenvalue weighted by atomic mass is 32.2. The Kier molecular flexibility index (Phi) is 5.67. The predicted molar refractivity (Wildman–Crippen MR) is 177 cm³/mol. The molecule has 0 aliphatic carbocycles. The van der Waals surface area contributed by atoms with Gasteiger partial charge in [-0.2, -0.15) is 0 Å². The van der Waals surface area contributed by atoms with E-state index in [0.717, 1.165) is 4.90 Å². The van der Waals surface area contributed by atoms with E-state index in [1.807, 2.05) is 11.8 Å². The van der Waals surface area contributed by atoms with Gasteiger partial charge in [-0.1, -0.05) is 103 Å². The minimum Gasteiger partial charge on any atom is -0.309 e. The highest BCUT2D eigenvalue weighted by molar-refractivity contribution is 7.98. The van der Waals surface area contributed by atoms with Gasteiger partial charge in [0.15, 0.2) is 0 Å². The fraction of sp³-hybridized carbons (Fsp3) is 0.0526. The van der Waals surface area contributed by atoms with Crippen molar-refractivity contribution in [2.75, 3.05) is 6.26 Å². The van der Waals surface area contributed by atoms with Gasteiger partial charge >= 0.3 is 0 Å². The van der Waals surface area contributed by atoms with Gasteiger partial charge in [0.2, 0.25) is 0 Å². The molecule has 0 N–H and O–H groups in total. The maximum atomic E-state index is 4.53. The summed E-state index contributed by atoms with van der Waals surface area (Å²) < 4.78 is 2.49. The molecule has 1 aromatic heterocycles. The second kappa shape index (κ2) is 9.44. The first kappa shape index (κ1) is 24.6. The summed E-state index contributed by atoms with van der Waals surface area (Å²) >= 11 is 6.35. The third kappa shape index (κ3) is 3.46. The van der Waals surface area contributed by atoms with Crippen molar-refractivity contribution in [2.24, 2.45) is 0 Å². The zero-order chi connectivity index (χ0) is 27.6. The summed E-state index contributed by atoms with van der Waals surface area (Å²) in [7, 11) is 0. The first-order chi connectivity index (χ1) is 20.2. The summed E-state index contributed by atoms with van der Waals surface area (Å²) in [5.74, 6) is 0. The van der Waals surface area contributed by atoms with Crippen LogP contribution in [0.25, 0.3) is 38.6 Å². The third-order valence-electron chi connectivity index (χ3n) is 8.65. The lowest BCUT2D eigenvalue weighted by Gasteiger charge is -2.42. The molecule has 41 heavy (non-hydrogen) atoms. The number of thioether (sulfide) groups is 1. The molecule has 3 heteroatoms. The van der Waals surface area contributed by atoms with Crippen molar-refractivity contribution in [1.82, 2.24) is 4.57 Å². The van der Waals surface area contributed by atoms with Crippen LogP contribution in [0.2, 0.25) is 0 Å². The van der Waals surface area contributed by atoms with Gasteiger partial charge in [0.1, 0.15) is 0 Å². The van der Waals surface area contributed by atoms with Crippen molar-refractivity contribution >= 4 is 46.2 Å². The molecule has 0 saturated heterocycles. The van der Waals surface area contributed by atoms with E-state index in [0.29, 0.717) is 0 Å². The number of hydrogen-bond donors (Lipinski definition) is 1. The molecule has 196 valence electrons. The molecule has 1 aliphatic rings. The van der Waals surface area contributed by atoms with Crippen LogP contribution in [0.5, 0.6) is 0 Å². The Morgan fingerprint density at radius 1 is 0.585 bits per heavy atom. The van der Waals surface area contributed by atoms with E-state index in [2.05, 4.69) is 163 Å². The molecule has 0 radical (unpaired) electrons. The number of para-hydroxylation sites is 3. The second-order valence-corrected chi connectivity index (χ2v) is 12.0. The van der Waals surface area contributed by atoms with Gasteiger partial charge in [-0.05, 0) is 76.0 Å². The molecule has 0 fully saturated rings. The van der Waals surface area contributed by atoms with E-state index >= 15 is 0 Å². The molecular formula is C38H27NS2. The largest absolute Gasteiger partial charge is 0.309 e. The molecule has 1 unspecified atom stereocenters. The number of benzene rings is 6. The third-order valence-corrected chi connectivity index (χ3v) is 9.75. The number of hydrogen-bond acceptors (Lipinski definition) is 2. The molecule has 7 aromatic rings. The SMILES string of the molecule is CSc1ccccc1C1(c2cccc(-c3ccc(S)cc3)c2)c2ccccc2-n2c3ccccc3c3cccc1c32. The monoisotopic (exact) mass is 561 g/mol. The van der Waals surface area contributed by atoms with Crippen LogP contribution in [0.1, 0.15) is 22.3 Å². The number of rotatable bonds is 4. The first-order valence-corrected chi connectivity index (χ1v) is 15.5. The lowest BCUT2D eigenvalue weighted by molar-refractivity contribution is 0.712. The highest BCUT2D eigenvalue weighted by Crippen LogP contribution is 2.55. The topological polar surface area (TPSA) is 4.93 Å². The van der Waals surface area contributed by atoms with Crippen molar-refractivity contribution in [1.29, 1.82) is 0 Å². The van der Waals surface area contributed by atoms with Crippen molar-refractivity contribution in [3.63, 3.8) is 0 Å². The van der Waals surface area contributed by atoms with E-state index in [-0.39, 0.29) is 0 Å². The maximum absolute atomic E-state index is 4.53. The molecule has 1 atom stereocenters. The van der Waals surface area contributed by atoms with Crippen LogP contribution in [-0.4, -0.2) is 10.8 Å². The zero-order valence-electron chi connectivity index (χ0n) is 22.6. The summed E-state index contributed by atoms with van der Waals surface area (Å²) in [5, 5.41) is 2.58. The summed E-state index contributed by atoms with van der Waals surface area (Å²) in [5.41, 5.74) is 10.8. The van der Waals surface area contributed by atoms with Crippen LogP contribution >= 0.6 is 24.4 Å². The average molecular weight is 562 g/mol. The van der Waals surface area contributed by atoms with Crippen molar-refractivity contribution in [2.45, 2.75) is 15.2 Å². The predicted octanol–water partition coefficient (Wildman–Crippen LogP) is 10.2. The van der Waals surface area contributed by atoms with Crippen LogP contribution in [0.4, 0.5) is 0 Å². The Morgan fingerprint density at radius 3 is 2.12 bits per heavy atom. The first-order valence-electron chi connectivity index (χ1n) is 13.9. The lowest BCUT2D eigenvalue weighted by Crippen LogP contribution is -2.36. The molecule has 0 saturated carbocycles. The van der Waals surface area contributed by atoms with E-state index < -0.39 is 5.41 Å². The molecule has 1 nitrogen and oxygen atoms in total. The van der Waals surface area contributed by atoms with Gasteiger partial charge < -0.3 is 4.57 Å². The Bertz CT molecular complexity index is 2100. The molecule has 0 amide bonds. The lowest BCUT2D eigenvalue weighted by atomic mass is 9.63. The summed E-state index contributed by atoms with van der Waals surface area (Å²) in [6.45, 7) is 0. The average Bonchev–Trinajstić information content (AvgIpc) is 3.38. The molecule has 0 bridgehead atoms. The van der Waals surface area contributed by atoms with Gasteiger partial charge in [0.05, 0.1) is 22.1 Å². The number of fused-ring (bicyclic) bond motifs is 5. The Labute approximate surface area is 249 Å². The van der Waals surface area contributed by atoms with Gasteiger partial charge in [-0.15, -0.1) is 24.4 Å². The standard InChI is InChI=1S/C38H27NS2/c1-41-36-19-7-4-15-32(36)38(27-11-8-10-26(24-27)25-20-22-28(40)23-21-25)31-14-3-6-18-35(31)39-34-17-5-2-12-29(34)30-13-9-16-33(38)37(30)39/h2-24,40H,1H3. The van der Waals surface area contributed by atoms with Crippen LogP contribution < -0.4 is 0 Å². The Hall–Kier alpha value is -4.18. The van der Waals surface area contributed by atoms with Crippen LogP contribution in [-0.2, 0) is 5.41 Å². The Morgan fingerprint density at radius 2 is 1.27 bits per heavy atom. The number of aromatic nitrogens is 1. The van der Waals surface area contributed by atoms with Crippen LogP contribution in [0, 0.1) is 0 Å². The minimum atomic E-state index is -0.514. The van der Waals surface area contributed by atoms with Crippen LogP contribution in [0.3, 0.4) is 0 Å². The quantitative estimate of drug-likeness (QED) is 0.165. The van der Waals surface area contributed by atoms with Crippen molar-refractivity contribution < 1.29 is 0 Å². The van der Waals surface area contributed by atoms with Gasteiger partial charge in [-0.25, -0.2) is 0 Å². The van der Waals surface area contributed by atoms with Crippen LogP contribution in [0.15, 0.2) is 149 Å². The normalized spacial score (nSPS) is 15.8. The molecule has 8 rings (SSSR count). The minimum absolute atomic E-state index is 0.514. The number of thiol groups is 1. The maximum Gasteiger partial charge on any atom is 0.0753 e.